The highest BCUT2D eigenvalue weighted by Gasteiger charge is 2.43. The van der Waals surface area contributed by atoms with E-state index < -0.39 is 18.2 Å². The van der Waals surface area contributed by atoms with Gasteiger partial charge in [-0.3, -0.25) is 9.59 Å². The van der Waals surface area contributed by atoms with E-state index in [1.165, 1.54) is 4.90 Å². The van der Waals surface area contributed by atoms with Gasteiger partial charge in [-0.15, -0.1) is 6.58 Å². The van der Waals surface area contributed by atoms with Crippen LogP contribution in [-0.4, -0.2) is 71.1 Å². The van der Waals surface area contributed by atoms with Gasteiger partial charge < -0.3 is 30.9 Å². The Morgan fingerprint density at radius 2 is 1.64 bits per heavy atom. The largest absolute Gasteiger partial charge is 0.508 e. The van der Waals surface area contributed by atoms with Gasteiger partial charge in [0.2, 0.25) is 11.8 Å². The van der Waals surface area contributed by atoms with Crippen LogP contribution in [0.15, 0.2) is 104 Å². The predicted octanol–water partition coefficient (Wildman–Crippen LogP) is 3.29. The average Bonchev–Trinajstić information content (AvgIpc) is 3.00. The molecule has 1 saturated heterocycles. The first-order valence-electron chi connectivity index (χ1n) is 13.9. The summed E-state index contributed by atoms with van der Waals surface area (Å²) in [5.41, 5.74) is 2.71. The van der Waals surface area contributed by atoms with Crippen molar-refractivity contribution in [3.05, 3.63) is 120 Å². The van der Waals surface area contributed by atoms with Gasteiger partial charge in [-0.25, -0.2) is 4.79 Å². The lowest BCUT2D eigenvalue weighted by atomic mass is 9.99. The van der Waals surface area contributed by atoms with Gasteiger partial charge in [0.05, 0.1) is 13.1 Å². The number of phenols is 1. The van der Waals surface area contributed by atoms with Gasteiger partial charge in [0, 0.05) is 26.1 Å². The van der Waals surface area contributed by atoms with Crippen molar-refractivity contribution in [3.8, 4) is 5.75 Å². The van der Waals surface area contributed by atoms with Gasteiger partial charge >= 0.3 is 6.03 Å². The third-order valence-corrected chi connectivity index (χ3v) is 6.91. The zero-order valence-corrected chi connectivity index (χ0v) is 23.5. The average molecular weight is 568 g/mol. The third-order valence-electron chi connectivity index (χ3n) is 6.91. The molecule has 4 N–H and O–H groups in total. The molecule has 0 unspecified atom stereocenters. The van der Waals surface area contributed by atoms with E-state index in [-0.39, 0.29) is 37.1 Å². The van der Waals surface area contributed by atoms with Crippen LogP contribution >= 0.6 is 0 Å². The Kier molecular flexibility index (Phi) is 10.9. The molecule has 4 amide bonds. The Hall–Kier alpha value is -4.89. The Labute approximate surface area is 246 Å². The molecule has 0 aliphatic carbocycles. The van der Waals surface area contributed by atoms with E-state index in [0.29, 0.717) is 19.6 Å². The summed E-state index contributed by atoms with van der Waals surface area (Å²) in [6.07, 6.45) is 4.93. The van der Waals surface area contributed by atoms with E-state index in [0.717, 1.165) is 16.7 Å². The quantitative estimate of drug-likeness (QED) is 0.198. The molecule has 42 heavy (non-hydrogen) atoms. The molecule has 0 saturated carbocycles. The fourth-order valence-electron chi connectivity index (χ4n) is 4.84. The highest BCUT2D eigenvalue weighted by molar-refractivity contribution is 5.91. The highest BCUT2D eigenvalue weighted by atomic mass is 16.3. The minimum atomic E-state index is -0.870. The first-order chi connectivity index (χ1) is 20.4. The summed E-state index contributed by atoms with van der Waals surface area (Å²) in [6.45, 7) is 4.81. The second-order valence-electron chi connectivity index (χ2n) is 9.99. The van der Waals surface area contributed by atoms with Crippen molar-refractivity contribution in [2.24, 2.45) is 0 Å². The highest BCUT2D eigenvalue weighted by Crippen LogP contribution is 2.22. The molecule has 0 aromatic heterocycles. The minimum Gasteiger partial charge on any atom is -0.508 e. The molecule has 2 atom stereocenters. The molecule has 1 fully saturated rings. The summed E-state index contributed by atoms with van der Waals surface area (Å²) in [7, 11) is 0. The van der Waals surface area contributed by atoms with Gasteiger partial charge in [0.25, 0.3) is 0 Å². The maximum atomic E-state index is 13.9. The summed E-state index contributed by atoms with van der Waals surface area (Å²) >= 11 is 0. The SMILES string of the molecule is C=CCNCC(=O)N1[C@@H](NC(=O)NCc2ccccc2)CN(CC=Cc2ccccc2)C(=O)[C@@H]1Cc1ccc(O)cc1. The van der Waals surface area contributed by atoms with Crippen LogP contribution in [0.4, 0.5) is 4.79 Å². The van der Waals surface area contributed by atoms with Crippen LogP contribution in [-0.2, 0) is 22.6 Å². The van der Waals surface area contributed by atoms with E-state index in [4.69, 9.17) is 0 Å². The molecule has 218 valence electrons. The lowest BCUT2D eigenvalue weighted by molar-refractivity contribution is -0.155. The number of aromatic hydroxyl groups is 1. The van der Waals surface area contributed by atoms with Crippen LogP contribution in [0, 0.1) is 0 Å². The van der Waals surface area contributed by atoms with Crippen molar-refractivity contribution in [1.29, 1.82) is 0 Å². The first kappa shape index (κ1) is 30.1. The number of amides is 4. The molecule has 0 bridgehead atoms. The normalized spacial score (nSPS) is 16.8. The molecule has 0 spiro atoms. The van der Waals surface area contributed by atoms with E-state index in [1.807, 2.05) is 72.8 Å². The second kappa shape index (κ2) is 15.2. The molecule has 1 aliphatic heterocycles. The van der Waals surface area contributed by atoms with Gasteiger partial charge in [0.15, 0.2) is 0 Å². The number of nitrogens with zero attached hydrogens (tertiary/aromatic N) is 2. The summed E-state index contributed by atoms with van der Waals surface area (Å²) in [5.74, 6) is -0.431. The fraction of sp³-hybridized carbons (Fsp3) is 0.242. The molecule has 3 aromatic rings. The van der Waals surface area contributed by atoms with Gasteiger partial charge in [-0.05, 0) is 28.8 Å². The van der Waals surface area contributed by atoms with Gasteiger partial charge in [-0.1, -0.05) is 91.0 Å². The number of carbonyl (C=O) groups is 3. The van der Waals surface area contributed by atoms with Crippen LogP contribution in [0.1, 0.15) is 16.7 Å². The number of carbonyl (C=O) groups excluding carboxylic acids is 3. The summed E-state index contributed by atoms with van der Waals surface area (Å²) in [5, 5.41) is 18.6. The number of benzene rings is 3. The lowest BCUT2D eigenvalue weighted by Gasteiger charge is -2.46. The first-order valence-corrected chi connectivity index (χ1v) is 13.9. The van der Waals surface area contributed by atoms with Crippen molar-refractivity contribution in [2.45, 2.75) is 25.2 Å². The van der Waals surface area contributed by atoms with Crippen molar-refractivity contribution in [1.82, 2.24) is 25.8 Å². The Bertz CT molecular complexity index is 1360. The maximum absolute atomic E-state index is 13.9. The summed E-state index contributed by atoms with van der Waals surface area (Å²) < 4.78 is 0. The Morgan fingerprint density at radius 3 is 2.33 bits per heavy atom. The third kappa shape index (κ3) is 8.55. The summed E-state index contributed by atoms with van der Waals surface area (Å²) in [4.78, 5) is 43.7. The zero-order chi connectivity index (χ0) is 29.7. The number of hydrogen-bond acceptors (Lipinski definition) is 5. The smallest absolute Gasteiger partial charge is 0.316 e. The van der Waals surface area contributed by atoms with Crippen molar-refractivity contribution >= 4 is 23.9 Å². The van der Waals surface area contributed by atoms with Crippen LogP contribution in [0.25, 0.3) is 6.08 Å². The van der Waals surface area contributed by atoms with Crippen LogP contribution < -0.4 is 16.0 Å². The monoisotopic (exact) mass is 567 g/mol. The topological polar surface area (TPSA) is 114 Å². The number of rotatable bonds is 12. The van der Waals surface area contributed by atoms with Gasteiger partial charge in [-0.2, -0.15) is 0 Å². The molecule has 4 rings (SSSR count). The molecular weight excluding hydrogens is 530 g/mol. The Balaban J connectivity index is 1.59. The zero-order valence-electron chi connectivity index (χ0n) is 23.5. The number of piperazine rings is 1. The number of nitrogens with one attached hydrogen (secondary N) is 3. The van der Waals surface area contributed by atoms with E-state index in [9.17, 15) is 19.5 Å². The number of phenolic OH excluding ortho intramolecular Hbond substituents is 1. The van der Waals surface area contributed by atoms with E-state index in [1.54, 1.807) is 35.2 Å². The van der Waals surface area contributed by atoms with E-state index in [2.05, 4.69) is 22.5 Å². The molecule has 1 heterocycles. The molecule has 9 nitrogen and oxygen atoms in total. The van der Waals surface area contributed by atoms with Crippen molar-refractivity contribution in [3.63, 3.8) is 0 Å². The summed E-state index contributed by atoms with van der Waals surface area (Å²) in [6, 6.07) is 24.5. The van der Waals surface area contributed by atoms with Crippen molar-refractivity contribution < 1.29 is 19.5 Å². The van der Waals surface area contributed by atoms with Crippen LogP contribution in [0.5, 0.6) is 5.75 Å². The molecule has 3 aromatic carbocycles. The minimum absolute atomic E-state index is 0.0247. The van der Waals surface area contributed by atoms with E-state index >= 15 is 0 Å². The molecule has 9 heteroatoms. The predicted molar refractivity (Wildman–Crippen MR) is 163 cm³/mol. The number of hydrogen-bond donors (Lipinski definition) is 4. The maximum Gasteiger partial charge on any atom is 0.316 e. The lowest BCUT2D eigenvalue weighted by Crippen LogP contribution is -2.69. The number of urea groups is 1. The van der Waals surface area contributed by atoms with Crippen molar-refractivity contribution in [2.75, 3.05) is 26.2 Å². The molecular formula is C33H37N5O4. The van der Waals surface area contributed by atoms with Crippen LogP contribution in [0.2, 0.25) is 0 Å². The second-order valence-corrected chi connectivity index (χ2v) is 9.99. The van der Waals surface area contributed by atoms with Crippen LogP contribution in [0.3, 0.4) is 0 Å². The standard InChI is InChI=1S/C33H37N5O4/c1-2-19-34-23-31(40)38-29(21-26-15-17-28(39)18-16-26)32(41)37(20-9-14-25-10-5-3-6-11-25)24-30(38)36-33(42)35-22-27-12-7-4-8-13-27/h2-18,29-30,34,39H,1,19-24H2,(H2,35,36,42)/t29-,30+/m0/s1. The Morgan fingerprint density at radius 1 is 0.952 bits per heavy atom. The van der Waals surface area contributed by atoms with Gasteiger partial charge in [0.1, 0.15) is 18.0 Å². The molecule has 0 radical (unpaired) electrons. The molecule has 1 aliphatic rings. The fourth-order valence-corrected chi connectivity index (χ4v) is 4.84.